The average molecular weight is 416 g/mol. The fourth-order valence-corrected chi connectivity index (χ4v) is 2.82. The van der Waals surface area contributed by atoms with Crippen LogP contribution in [0.3, 0.4) is 0 Å². The smallest absolute Gasteiger partial charge is 0.278 e. The van der Waals surface area contributed by atoms with Crippen LogP contribution in [0, 0.1) is 30.9 Å². The maximum Gasteiger partial charge on any atom is 0.278 e. The molecule has 2 aromatic carbocycles. The topological polar surface area (TPSA) is 108 Å². The molecule has 0 unspecified atom stereocenters. The van der Waals surface area contributed by atoms with Gasteiger partial charge < -0.3 is 14.6 Å². The van der Waals surface area contributed by atoms with Gasteiger partial charge in [0, 0.05) is 12.1 Å². The zero-order valence-electron chi connectivity index (χ0n) is 16.0. The minimum atomic E-state index is -0.569. The molecule has 1 amide bonds. The number of rotatable bonds is 6. The van der Waals surface area contributed by atoms with Crippen molar-refractivity contribution in [2.45, 2.75) is 27.4 Å². The summed E-state index contributed by atoms with van der Waals surface area (Å²) in [7, 11) is 0. The fraction of sp³-hybridized carbons (Fsp3) is 0.200. The third kappa shape index (κ3) is 4.55. The first-order valence-corrected chi connectivity index (χ1v) is 9.04. The molecule has 29 heavy (non-hydrogen) atoms. The first-order valence-electron chi connectivity index (χ1n) is 8.66. The normalized spacial score (nSPS) is 10.6. The first kappa shape index (κ1) is 20.3. The van der Waals surface area contributed by atoms with Crippen molar-refractivity contribution in [1.29, 1.82) is 0 Å². The maximum atomic E-state index is 12.6. The number of benzene rings is 2. The number of anilines is 1. The number of aryl methyl sites for hydroxylation is 3. The van der Waals surface area contributed by atoms with E-state index in [1.165, 1.54) is 12.1 Å². The van der Waals surface area contributed by atoms with Crippen LogP contribution in [0.4, 0.5) is 11.4 Å². The van der Waals surface area contributed by atoms with Crippen LogP contribution in [-0.2, 0) is 6.61 Å². The van der Waals surface area contributed by atoms with Crippen LogP contribution in [0.2, 0.25) is 5.02 Å². The van der Waals surface area contributed by atoms with E-state index in [1.807, 2.05) is 32.0 Å². The molecule has 0 aliphatic rings. The molecular weight excluding hydrogens is 398 g/mol. The van der Waals surface area contributed by atoms with Crippen molar-refractivity contribution in [2.24, 2.45) is 0 Å². The van der Waals surface area contributed by atoms with Gasteiger partial charge in [-0.05, 0) is 50.1 Å². The number of hydrogen-bond acceptors (Lipinski definition) is 6. The Bertz CT molecular complexity index is 1090. The quantitative estimate of drug-likeness (QED) is 0.448. The minimum Gasteiger partial charge on any atom is -0.489 e. The van der Waals surface area contributed by atoms with Crippen LogP contribution in [0.1, 0.15) is 32.9 Å². The number of nitro groups is 1. The van der Waals surface area contributed by atoms with Crippen molar-refractivity contribution < 1.29 is 19.0 Å². The Kier molecular flexibility index (Phi) is 5.84. The third-order valence-electron chi connectivity index (χ3n) is 4.47. The zero-order chi connectivity index (χ0) is 21.1. The van der Waals surface area contributed by atoms with E-state index in [1.54, 1.807) is 6.92 Å². The zero-order valence-corrected chi connectivity index (χ0v) is 16.7. The molecule has 0 saturated carbocycles. The van der Waals surface area contributed by atoms with Crippen LogP contribution >= 0.6 is 11.6 Å². The lowest BCUT2D eigenvalue weighted by Gasteiger charge is -2.09. The number of carbonyl (C=O) groups is 1. The lowest BCUT2D eigenvalue weighted by Crippen LogP contribution is -2.15. The van der Waals surface area contributed by atoms with Gasteiger partial charge in [-0.1, -0.05) is 22.8 Å². The second-order valence-corrected chi connectivity index (χ2v) is 6.88. The molecule has 0 saturated heterocycles. The summed E-state index contributed by atoms with van der Waals surface area (Å²) in [4.78, 5) is 22.9. The van der Waals surface area contributed by atoms with Crippen LogP contribution in [0.25, 0.3) is 0 Å². The summed E-state index contributed by atoms with van der Waals surface area (Å²) in [6, 6.07) is 9.48. The Hall–Kier alpha value is -3.39. The molecule has 0 fully saturated rings. The van der Waals surface area contributed by atoms with Gasteiger partial charge in [-0.15, -0.1) is 0 Å². The Morgan fingerprint density at radius 3 is 2.62 bits per heavy atom. The number of carbonyl (C=O) groups excluding carboxylic acids is 1. The summed E-state index contributed by atoms with van der Waals surface area (Å²) >= 11 is 6.03. The molecule has 3 aromatic rings. The Morgan fingerprint density at radius 1 is 1.21 bits per heavy atom. The Morgan fingerprint density at radius 2 is 1.97 bits per heavy atom. The number of ether oxygens (including phenoxy) is 1. The van der Waals surface area contributed by atoms with Gasteiger partial charge in [0.15, 0.2) is 5.69 Å². The van der Waals surface area contributed by atoms with Crippen molar-refractivity contribution in [3.8, 4) is 5.75 Å². The van der Waals surface area contributed by atoms with E-state index in [0.29, 0.717) is 17.1 Å². The van der Waals surface area contributed by atoms with E-state index >= 15 is 0 Å². The number of amides is 1. The molecule has 150 valence electrons. The van der Waals surface area contributed by atoms with Gasteiger partial charge in [-0.2, -0.15) is 0 Å². The molecule has 8 nitrogen and oxygen atoms in total. The standard InChI is InChI=1S/C20H18ClN3O5/c1-11-4-6-15(8-12(11)2)28-10-16-13(3)29-23-19(16)20(25)22-18-7-5-14(24(26)27)9-17(18)21/h4-9H,10H2,1-3H3,(H,22,25). The predicted molar refractivity (Wildman–Crippen MR) is 108 cm³/mol. The molecule has 0 aliphatic heterocycles. The Labute approximate surface area is 171 Å². The fourth-order valence-electron chi connectivity index (χ4n) is 2.60. The number of aromatic nitrogens is 1. The van der Waals surface area contributed by atoms with Crippen LogP contribution in [0.15, 0.2) is 40.9 Å². The van der Waals surface area contributed by atoms with Gasteiger partial charge in [0.25, 0.3) is 11.6 Å². The highest BCUT2D eigenvalue weighted by atomic mass is 35.5. The molecular formula is C20H18ClN3O5. The maximum absolute atomic E-state index is 12.6. The highest BCUT2D eigenvalue weighted by Gasteiger charge is 2.22. The number of nitrogens with zero attached hydrogens (tertiary/aromatic N) is 2. The molecule has 0 bridgehead atoms. The van der Waals surface area contributed by atoms with E-state index in [2.05, 4.69) is 10.5 Å². The first-order chi connectivity index (χ1) is 13.8. The van der Waals surface area contributed by atoms with Gasteiger partial charge >= 0.3 is 0 Å². The van der Waals surface area contributed by atoms with Crippen molar-refractivity contribution in [2.75, 3.05) is 5.32 Å². The summed E-state index contributed by atoms with van der Waals surface area (Å²) in [5.74, 6) is 0.559. The summed E-state index contributed by atoms with van der Waals surface area (Å²) in [5, 5.41) is 17.3. The molecule has 3 rings (SSSR count). The molecule has 0 radical (unpaired) electrons. The van der Waals surface area contributed by atoms with E-state index in [9.17, 15) is 14.9 Å². The van der Waals surface area contributed by atoms with Gasteiger partial charge in [-0.3, -0.25) is 14.9 Å². The largest absolute Gasteiger partial charge is 0.489 e. The van der Waals surface area contributed by atoms with Crippen LogP contribution < -0.4 is 10.1 Å². The molecule has 1 N–H and O–H groups in total. The average Bonchev–Trinajstić information content (AvgIpc) is 3.04. The van der Waals surface area contributed by atoms with Gasteiger partial charge in [0.05, 0.1) is 21.2 Å². The van der Waals surface area contributed by atoms with Crippen LogP contribution in [0.5, 0.6) is 5.75 Å². The van der Waals surface area contributed by atoms with Gasteiger partial charge in [0.1, 0.15) is 18.1 Å². The van der Waals surface area contributed by atoms with E-state index in [4.69, 9.17) is 20.9 Å². The number of nitro benzene ring substituents is 1. The van der Waals surface area contributed by atoms with Crippen molar-refractivity contribution in [3.63, 3.8) is 0 Å². The van der Waals surface area contributed by atoms with Crippen molar-refractivity contribution >= 4 is 28.9 Å². The summed E-state index contributed by atoms with van der Waals surface area (Å²) < 4.78 is 10.9. The molecule has 0 aliphatic carbocycles. The number of hydrogen-bond donors (Lipinski definition) is 1. The summed E-state index contributed by atoms with van der Waals surface area (Å²) in [6.45, 7) is 5.77. The highest BCUT2D eigenvalue weighted by molar-refractivity contribution is 6.34. The third-order valence-corrected chi connectivity index (χ3v) is 4.79. The monoisotopic (exact) mass is 415 g/mol. The van der Waals surface area contributed by atoms with Gasteiger partial charge in [-0.25, -0.2) is 0 Å². The summed E-state index contributed by atoms with van der Waals surface area (Å²) in [5.41, 5.74) is 2.85. The number of non-ortho nitro benzene ring substituents is 1. The lowest BCUT2D eigenvalue weighted by atomic mass is 10.1. The van der Waals surface area contributed by atoms with Crippen LogP contribution in [-0.4, -0.2) is 16.0 Å². The van der Waals surface area contributed by atoms with Crippen molar-refractivity contribution in [1.82, 2.24) is 5.16 Å². The molecule has 1 aromatic heterocycles. The van der Waals surface area contributed by atoms with Crippen molar-refractivity contribution in [3.05, 3.63) is 79.7 Å². The number of halogens is 1. The predicted octanol–water partition coefficient (Wildman–Crippen LogP) is 4.99. The van der Waals surface area contributed by atoms with E-state index < -0.39 is 10.8 Å². The van der Waals surface area contributed by atoms with E-state index in [0.717, 1.165) is 17.2 Å². The number of nitrogens with one attached hydrogen (secondary N) is 1. The summed E-state index contributed by atoms with van der Waals surface area (Å²) in [6.07, 6.45) is 0. The second-order valence-electron chi connectivity index (χ2n) is 6.48. The molecule has 1 heterocycles. The SMILES string of the molecule is Cc1ccc(OCc2c(C(=O)Nc3ccc([N+](=O)[O-])cc3Cl)noc2C)cc1C. The van der Waals surface area contributed by atoms with E-state index in [-0.39, 0.29) is 28.7 Å². The molecule has 0 atom stereocenters. The second kappa shape index (κ2) is 8.32. The minimum absolute atomic E-state index is 0.0423. The highest BCUT2D eigenvalue weighted by Crippen LogP contribution is 2.28. The van der Waals surface area contributed by atoms with Gasteiger partial charge in [0.2, 0.25) is 0 Å². The lowest BCUT2D eigenvalue weighted by molar-refractivity contribution is -0.384. The molecule has 9 heteroatoms. The Balaban J connectivity index is 1.77. The molecule has 0 spiro atoms.